The van der Waals surface area contributed by atoms with Crippen LogP contribution in [0.5, 0.6) is 0 Å². The van der Waals surface area contributed by atoms with Gasteiger partial charge in [-0.15, -0.1) is 10.1 Å². The van der Waals surface area contributed by atoms with Crippen molar-refractivity contribution < 1.29 is 9.92 Å². The quantitative estimate of drug-likeness (QED) is 0.546. The molecular formula is C10H13NO3. The summed E-state index contributed by atoms with van der Waals surface area (Å²) >= 11 is 0. The Kier molecular flexibility index (Phi) is 3.06. The van der Waals surface area contributed by atoms with E-state index in [0.717, 1.165) is 5.56 Å². The minimum atomic E-state index is -0.773. The summed E-state index contributed by atoms with van der Waals surface area (Å²) in [5.74, 6) is 0. The normalized spacial score (nSPS) is 11.0. The maximum absolute atomic E-state index is 10.2. The Morgan fingerprint density at radius 3 is 2.43 bits per heavy atom. The molecule has 0 saturated heterocycles. The predicted octanol–water partition coefficient (Wildman–Crippen LogP) is 2.22. The molecule has 1 rings (SSSR count). The van der Waals surface area contributed by atoms with E-state index in [9.17, 15) is 10.1 Å². The molecule has 0 aliphatic heterocycles. The van der Waals surface area contributed by atoms with Crippen LogP contribution in [0.1, 0.15) is 19.4 Å². The third-order valence-electron chi connectivity index (χ3n) is 1.79. The lowest BCUT2D eigenvalue weighted by atomic mass is 9.99. The van der Waals surface area contributed by atoms with E-state index in [-0.39, 0.29) is 0 Å². The van der Waals surface area contributed by atoms with Crippen LogP contribution in [0.2, 0.25) is 0 Å². The van der Waals surface area contributed by atoms with Crippen LogP contribution in [0.15, 0.2) is 30.3 Å². The molecule has 76 valence electrons. The summed E-state index contributed by atoms with van der Waals surface area (Å²) in [5.41, 5.74) is 0.254. The topological polar surface area (TPSA) is 52.4 Å². The molecule has 0 aliphatic rings. The molecule has 14 heavy (non-hydrogen) atoms. The van der Waals surface area contributed by atoms with Crippen LogP contribution in [0.3, 0.4) is 0 Å². The lowest BCUT2D eigenvalue weighted by Gasteiger charge is -2.21. The van der Waals surface area contributed by atoms with Gasteiger partial charge in [-0.25, -0.2) is 0 Å². The highest BCUT2D eigenvalue weighted by Crippen LogP contribution is 2.16. The fourth-order valence-electron chi connectivity index (χ4n) is 1.32. The summed E-state index contributed by atoms with van der Waals surface area (Å²) in [6, 6.07) is 9.55. The third-order valence-corrected chi connectivity index (χ3v) is 1.79. The van der Waals surface area contributed by atoms with Crippen molar-refractivity contribution in [2.24, 2.45) is 0 Å². The SMILES string of the molecule is CC(C)(Cc1ccccc1)O[N+](=O)[O-]. The fraction of sp³-hybridized carbons (Fsp3) is 0.400. The molecule has 4 heteroatoms. The first-order valence-electron chi connectivity index (χ1n) is 4.37. The van der Waals surface area contributed by atoms with Crippen LogP contribution in [-0.2, 0) is 11.3 Å². The maximum atomic E-state index is 10.2. The summed E-state index contributed by atoms with van der Waals surface area (Å²) < 4.78 is 0. The van der Waals surface area contributed by atoms with Crippen molar-refractivity contribution >= 4 is 0 Å². The van der Waals surface area contributed by atoms with Gasteiger partial charge < -0.3 is 4.84 Å². The zero-order chi connectivity index (χ0) is 10.6. The van der Waals surface area contributed by atoms with Gasteiger partial charge in [0, 0.05) is 6.42 Å². The van der Waals surface area contributed by atoms with Gasteiger partial charge in [0.1, 0.15) is 5.60 Å². The smallest absolute Gasteiger partial charge is 0.295 e. The molecule has 0 amide bonds. The Balaban J connectivity index is 2.63. The lowest BCUT2D eigenvalue weighted by molar-refractivity contribution is -0.779. The van der Waals surface area contributed by atoms with Gasteiger partial charge in [0.2, 0.25) is 0 Å². The molecule has 0 aromatic heterocycles. The fourth-order valence-corrected chi connectivity index (χ4v) is 1.32. The highest BCUT2D eigenvalue weighted by molar-refractivity contribution is 5.16. The Hall–Kier alpha value is -1.58. The van der Waals surface area contributed by atoms with Crippen molar-refractivity contribution in [2.45, 2.75) is 25.9 Å². The second kappa shape index (κ2) is 4.09. The summed E-state index contributed by atoms with van der Waals surface area (Å²) in [5, 5.41) is 9.44. The van der Waals surface area contributed by atoms with E-state index in [1.165, 1.54) is 0 Å². The predicted molar refractivity (Wildman–Crippen MR) is 52.3 cm³/mol. The van der Waals surface area contributed by atoms with E-state index in [2.05, 4.69) is 4.84 Å². The van der Waals surface area contributed by atoms with E-state index in [1.54, 1.807) is 13.8 Å². The van der Waals surface area contributed by atoms with Gasteiger partial charge >= 0.3 is 0 Å². The zero-order valence-corrected chi connectivity index (χ0v) is 8.27. The number of rotatable bonds is 4. The van der Waals surface area contributed by atoms with Crippen LogP contribution in [-0.4, -0.2) is 10.7 Å². The van der Waals surface area contributed by atoms with Crippen LogP contribution < -0.4 is 0 Å². The Bertz CT molecular complexity index is 308. The van der Waals surface area contributed by atoms with E-state index in [1.807, 2.05) is 30.3 Å². The highest BCUT2D eigenvalue weighted by atomic mass is 17.0. The van der Waals surface area contributed by atoms with Crippen molar-refractivity contribution in [1.29, 1.82) is 0 Å². The van der Waals surface area contributed by atoms with E-state index in [4.69, 9.17) is 0 Å². The van der Waals surface area contributed by atoms with Crippen molar-refractivity contribution in [2.75, 3.05) is 0 Å². The van der Waals surface area contributed by atoms with Crippen molar-refractivity contribution in [3.63, 3.8) is 0 Å². The highest BCUT2D eigenvalue weighted by Gasteiger charge is 2.22. The Labute approximate surface area is 82.6 Å². The molecular weight excluding hydrogens is 182 g/mol. The average Bonchev–Trinajstić information content (AvgIpc) is 2.02. The van der Waals surface area contributed by atoms with Crippen LogP contribution in [0, 0.1) is 10.1 Å². The number of nitrogens with zero attached hydrogens (tertiary/aromatic N) is 1. The Morgan fingerprint density at radius 1 is 1.36 bits per heavy atom. The standard InChI is InChI=1S/C10H13NO3/c1-10(2,14-11(12)13)8-9-6-4-3-5-7-9/h3-7H,8H2,1-2H3. The summed E-state index contributed by atoms with van der Waals surface area (Å²) in [6.07, 6.45) is 0.523. The molecule has 4 nitrogen and oxygen atoms in total. The molecule has 0 unspecified atom stereocenters. The molecule has 0 bridgehead atoms. The molecule has 1 aromatic rings. The minimum absolute atomic E-state index is 0.523. The molecule has 0 heterocycles. The third kappa shape index (κ3) is 3.43. The van der Waals surface area contributed by atoms with Gasteiger partial charge in [-0.05, 0) is 19.4 Å². The van der Waals surface area contributed by atoms with Gasteiger partial charge in [0.25, 0.3) is 5.09 Å². The largest absolute Gasteiger partial charge is 0.308 e. The molecule has 0 fully saturated rings. The minimum Gasteiger partial charge on any atom is -0.308 e. The average molecular weight is 195 g/mol. The van der Waals surface area contributed by atoms with Crippen LogP contribution in [0.4, 0.5) is 0 Å². The van der Waals surface area contributed by atoms with E-state index >= 15 is 0 Å². The van der Waals surface area contributed by atoms with Crippen molar-refractivity contribution in [3.8, 4) is 0 Å². The molecule has 1 aromatic carbocycles. The number of hydrogen-bond donors (Lipinski definition) is 0. The second-order valence-corrected chi connectivity index (χ2v) is 3.74. The molecule has 0 atom stereocenters. The van der Waals surface area contributed by atoms with Crippen molar-refractivity contribution in [3.05, 3.63) is 46.0 Å². The van der Waals surface area contributed by atoms with Gasteiger partial charge in [0.15, 0.2) is 0 Å². The van der Waals surface area contributed by atoms with Crippen LogP contribution in [0.25, 0.3) is 0 Å². The molecule has 0 N–H and O–H groups in total. The molecule has 0 radical (unpaired) electrons. The molecule has 0 aliphatic carbocycles. The maximum Gasteiger partial charge on any atom is 0.295 e. The first-order valence-corrected chi connectivity index (χ1v) is 4.37. The number of hydrogen-bond acceptors (Lipinski definition) is 3. The summed E-state index contributed by atoms with van der Waals surface area (Å²) in [4.78, 5) is 14.8. The molecule has 0 spiro atoms. The van der Waals surface area contributed by atoms with Gasteiger partial charge in [-0.3, -0.25) is 0 Å². The monoisotopic (exact) mass is 195 g/mol. The first-order chi connectivity index (χ1) is 6.49. The van der Waals surface area contributed by atoms with E-state index < -0.39 is 10.7 Å². The van der Waals surface area contributed by atoms with Crippen LogP contribution >= 0.6 is 0 Å². The zero-order valence-electron chi connectivity index (χ0n) is 8.27. The van der Waals surface area contributed by atoms with Gasteiger partial charge in [-0.2, -0.15) is 0 Å². The van der Waals surface area contributed by atoms with Gasteiger partial charge in [-0.1, -0.05) is 30.3 Å². The molecule has 0 saturated carbocycles. The first kappa shape index (κ1) is 10.5. The summed E-state index contributed by atoms with van der Waals surface area (Å²) in [7, 11) is 0. The van der Waals surface area contributed by atoms with E-state index in [0.29, 0.717) is 6.42 Å². The van der Waals surface area contributed by atoms with Crippen molar-refractivity contribution in [1.82, 2.24) is 0 Å². The Morgan fingerprint density at radius 2 is 1.93 bits per heavy atom. The number of benzene rings is 1. The lowest BCUT2D eigenvalue weighted by Crippen LogP contribution is -2.30. The second-order valence-electron chi connectivity index (χ2n) is 3.74. The summed E-state index contributed by atoms with van der Waals surface area (Å²) in [6.45, 7) is 3.39. The van der Waals surface area contributed by atoms with Gasteiger partial charge in [0.05, 0.1) is 0 Å².